The van der Waals surface area contributed by atoms with Crippen molar-refractivity contribution in [2.75, 3.05) is 25.6 Å². The highest BCUT2D eigenvalue weighted by molar-refractivity contribution is 14.0. The van der Waals surface area contributed by atoms with Gasteiger partial charge in [-0.15, -0.1) is 24.0 Å². The third kappa shape index (κ3) is 7.74. The molecule has 0 aliphatic carbocycles. The number of anilines is 1. The summed E-state index contributed by atoms with van der Waals surface area (Å²) >= 11 is 0. The molecule has 2 rings (SSSR count). The second-order valence-electron chi connectivity index (χ2n) is 5.69. The zero-order valence-corrected chi connectivity index (χ0v) is 17.2. The molecule has 25 heavy (non-hydrogen) atoms. The molecule has 0 spiro atoms. The zero-order valence-electron chi connectivity index (χ0n) is 14.9. The van der Waals surface area contributed by atoms with E-state index in [1.165, 1.54) is 11.1 Å². The Kier molecular flexibility index (Phi) is 9.30. The molecule has 0 bridgehead atoms. The lowest BCUT2D eigenvalue weighted by molar-refractivity contribution is 0.146. The third-order valence-electron chi connectivity index (χ3n) is 3.41. The van der Waals surface area contributed by atoms with Crippen LogP contribution >= 0.6 is 24.0 Å². The maximum absolute atomic E-state index is 5.96. The zero-order chi connectivity index (χ0) is 17.4. The van der Waals surface area contributed by atoms with Crippen LogP contribution in [0.4, 0.5) is 5.69 Å². The van der Waals surface area contributed by atoms with Crippen LogP contribution in [0.2, 0.25) is 0 Å². The second kappa shape index (κ2) is 10.9. The maximum Gasteiger partial charge on any atom is 0.193 e. The Morgan fingerprint density at radius 3 is 2.28 bits per heavy atom. The van der Waals surface area contributed by atoms with Crippen LogP contribution in [-0.4, -0.2) is 26.3 Å². The van der Waals surface area contributed by atoms with Gasteiger partial charge in [-0.3, -0.25) is 0 Å². The average molecular weight is 455 g/mol. The van der Waals surface area contributed by atoms with Crippen LogP contribution in [0, 0.1) is 13.8 Å². The van der Waals surface area contributed by atoms with E-state index in [-0.39, 0.29) is 24.0 Å². The summed E-state index contributed by atoms with van der Waals surface area (Å²) in [5, 5.41) is 3.13. The van der Waals surface area contributed by atoms with Crippen LogP contribution in [0.5, 0.6) is 5.75 Å². The molecular formula is C19H26IN3O2. The number of hydrogen-bond donors (Lipinski definition) is 2. The SMILES string of the molecule is COCCOc1ccc(CN=C(N)Nc2cc(C)cc(C)c2)cc1.I. The third-order valence-corrected chi connectivity index (χ3v) is 3.41. The van der Waals surface area contributed by atoms with Crippen LogP contribution in [-0.2, 0) is 11.3 Å². The summed E-state index contributed by atoms with van der Waals surface area (Å²) in [6.45, 7) is 5.75. The van der Waals surface area contributed by atoms with Gasteiger partial charge in [0.05, 0.1) is 13.2 Å². The number of halogens is 1. The van der Waals surface area contributed by atoms with Crippen molar-refractivity contribution >= 4 is 35.6 Å². The minimum Gasteiger partial charge on any atom is -0.491 e. The van der Waals surface area contributed by atoms with E-state index in [2.05, 4.69) is 30.2 Å². The molecule has 0 saturated heterocycles. The number of aliphatic imine (C=N–C) groups is 1. The van der Waals surface area contributed by atoms with Crippen molar-refractivity contribution in [3.63, 3.8) is 0 Å². The lowest BCUT2D eigenvalue weighted by Crippen LogP contribution is -2.22. The molecule has 0 atom stereocenters. The Labute approximate surface area is 166 Å². The molecule has 6 heteroatoms. The van der Waals surface area contributed by atoms with Crippen molar-refractivity contribution in [1.29, 1.82) is 0 Å². The largest absolute Gasteiger partial charge is 0.491 e. The summed E-state index contributed by atoms with van der Waals surface area (Å²) in [6, 6.07) is 14.0. The smallest absolute Gasteiger partial charge is 0.193 e. The highest BCUT2D eigenvalue weighted by Gasteiger charge is 1.99. The van der Waals surface area contributed by atoms with Crippen LogP contribution in [0.25, 0.3) is 0 Å². The van der Waals surface area contributed by atoms with Crippen LogP contribution in [0.1, 0.15) is 16.7 Å². The number of rotatable bonds is 7. The van der Waals surface area contributed by atoms with Gasteiger partial charge in [-0.1, -0.05) is 18.2 Å². The fourth-order valence-corrected chi connectivity index (χ4v) is 2.34. The molecular weight excluding hydrogens is 429 g/mol. The highest BCUT2D eigenvalue weighted by atomic mass is 127. The van der Waals surface area contributed by atoms with Crippen LogP contribution < -0.4 is 15.8 Å². The van der Waals surface area contributed by atoms with E-state index in [1.54, 1.807) is 7.11 Å². The van der Waals surface area contributed by atoms with E-state index in [1.807, 2.05) is 36.4 Å². The molecule has 0 amide bonds. The van der Waals surface area contributed by atoms with E-state index in [0.717, 1.165) is 17.0 Å². The minimum atomic E-state index is 0. The number of aryl methyl sites for hydroxylation is 2. The van der Waals surface area contributed by atoms with Crippen LogP contribution in [0.3, 0.4) is 0 Å². The van der Waals surface area contributed by atoms with Crippen LogP contribution in [0.15, 0.2) is 47.5 Å². The molecule has 136 valence electrons. The first kappa shape index (κ1) is 21.2. The Bertz CT molecular complexity index is 667. The summed E-state index contributed by atoms with van der Waals surface area (Å²) in [5.41, 5.74) is 10.4. The molecule has 0 heterocycles. The minimum absolute atomic E-state index is 0. The Morgan fingerprint density at radius 1 is 1.04 bits per heavy atom. The first-order valence-electron chi connectivity index (χ1n) is 7.93. The standard InChI is InChI=1S/C19H25N3O2.HI/c1-14-10-15(2)12-17(11-14)22-19(20)21-13-16-4-6-18(7-5-16)24-9-8-23-3;/h4-7,10-12H,8-9,13H2,1-3H3,(H3,20,21,22);1H. The van der Waals surface area contributed by atoms with E-state index in [9.17, 15) is 0 Å². The van der Waals surface area contributed by atoms with Gasteiger partial charge >= 0.3 is 0 Å². The molecule has 5 nitrogen and oxygen atoms in total. The topological polar surface area (TPSA) is 68.9 Å². The second-order valence-corrected chi connectivity index (χ2v) is 5.69. The Balaban J connectivity index is 0.00000312. The first-order chi connectivity index (χ1) is 11.6. The van der Waals surface area contributed by atoms with Crippen molar-refractivity contribution < 1.29 is 9.47 Å². The number of nitrogens with two attached hydrogens (primary N) is 1. The summed E-state index contributed by atoms with van der Waals surface area (Å²) < 4.78 is 10.5. The van der Waals surface area contributed by atoms with Crippen molar-refractivity contribution in [1.82, 2.24) is 0 Å². The van der Waals surface area contributed by atoms with Gasteiger partial charge in [-0.05, 0) is 54.8 Å². The predicted molar refractivity (Wildman–Crippen MR) is 114 cm³/mol. The van der Waals surface area contributed by atoms with Crippen molar-refractivity contribution in [3.05, 3.63) is 59.2 Å². The van der Waals surface area contributed by atoms with Crippen molar-refractivity contribution in [2.24, 2.45) is 10.7 Å². The number of guanidine groups is 1. The van der Waals surface area contributed by atoms with Gasteiger partial charge in [0, 0.05) is 12.8 Å². The van der Waals surface area contributed by atoms with E-state index >= 15 is 0 Å². The molecule has 0 saturated carbocycles. The number of ether oxygens (including phenoxy) is 2. The molecule has 3 N–H and O–H groups in total. The summed E-state index contributed by atoms with van der Waals surface area (Å²) in [7, 11) is 1.65. The number of nitrogens with zero attached hydrogens (tertiary/aromatic N) is 1. The Morgan fingerprint density at radius 2 is 1.68 bits per heavy atom. The normalized spacial score (nSPS) is 10.9. The first-order valence-corrected chi connectivity index (χ1v) is 7.93. The molecule has 0 aromatic heterocycles. The average Bonchev–Trinajstić information content (AvgIpc) is 2.53. The van der Waals surface area contributed by atoms with Gasteiger partial charge in [0.1, 0.15) is 12.4 Å². The van der Waals surface area contributed by atoms with Gasteiger partial charge in [0.15, 0.2) is 5.96 Å². The molecule has 0 aliphatic rings. The fourth-order valence-electron chi connectivity index (χ4n) is 2.34. The summed E-state index contributed by atoms with van der Waals surface area (Å²) in [6.07, 6.45) is 0. The van der Waals surface area contributed by atoms with Gasteiger partial charge in [0.2, 0.25) is 0 Å². The van der Waals surface area contributed by atoms with Gasteiger partial charge in [-0.2, -0.15) is 0 Å². The summed E-state index contributed by atoms with van der Waals surface area (Å²) in [4.78, 5) is 4.38. The number of methoxy groups -OCH3 is 1. The fraction of sp³-hybridized carbons (Fsp3) is 0.316. The summed E-state index contributed by atoms with van der Waals surface area (Å²) in [5.74, 6) is 1.22. The molecule has 2 aromatic carbocycles. The molecule has 0 aliphatic heterocycles. The molecule has 2 aromatic rings. The predicted octanol–water partition coefficient (Wildman–Crippen LogP) is 3.87. The van der Waals surface area contributed by atoms with Crippen molar-refractivity contribution in [2.45, 2.75) is 20.4 Å². The molecule has 0 radical (unpaired) electrons. The number of benzene rings is 2. The van der Waals surface area contributed by atoms with Gasteiger partial charge in [-0.25, -0.2) is 4.99 Å². The Hall–Kier alpha value is -1.80. The number of hydrogen-bond acceptors (Lipinski definition) is 3. The van der Waals surface area contributed by atoms with E-state index in [4.69, 9.17) is 15.2 Å². The number of nitrogens with one attached hydrogen (secondary N) is 1. The van der Waals surface area contributed by atoms with Gasteiger partial charge in [0.25, 0.3) is 0 Å². The highest BCUT2D eigenvalue weighted by Crippen LogP contribution is 2.14. The van der Waals surface area contributed by atoms with Crippen molar-refractivity contribution in [3.8, 4) is 5.75 Å². The van der Waals surface area contributed by atoms with Gasteiger partial charge < -0.3 is 20.5 Å². The van der Waals surface area contributed by atoms with E-state index < -0.39 is 0 Å². The molecule has 0 fully saturated rings. The quantitative estimate of drug-likeness (QED) is 0.288. The lowest BCUT2D eigenvalue weighted by atomic mass is 10.1. The van der Waals surface area contributed by atoms with E-state index in [0.29, 0.717) is 25.7 Å². The molecule has 0 unspecified atom stereocenters. The lowest BCUT2D eigenvalue weighted by Gasteiger charge is -2.08. The maximum atomic E-state index is 5.96. The monoisotopic (exact) mass is 455 g/mol.